The van der Waals surface area contributed by atoms with Crippen molar-refractivity contribution in [1.29, 1.82) is 0 Å². The molecule has 1 heterocycles. The van der Waals surface area contributed by atoms with Crippen LogP contribution in [0, 0.1) is 5.92 Å². The molecule has 0 saturated carbocycles. The minimum Gasteiger partial charge on any atom is -0.352 e. The maximum absolute atomic E-state index is 10.7. The fraction of sp³-hybridized carbons (Fsp3) is 0.571. The summed E-state index contributed by atoms with van der Waals surface area (Å²) in [7, 11) is 0. The first-order chi connectivity index (χ1) is 4.38. The summed E-state index contributed by atoms with van der Waals surface area (Å²) in [6.07, 6.45) is 6.38. The van der Waals surface area contributed by atoms with Gasteiger partial charge in [-0.2, -0.15) is 0 Å². The van der Waals surface area contributed by atoms with E-state index in [1.165, 1.54) is 0 Å². The zero-order valence-corrected chi connectivity index (χ0v) is 5.13. The third-order valence-corrected chi connectivity index (χ3v) is 2.05. The average Bonchev–Trinajstić information content (AvgIpc) is 1.86. The number of rotatable bonds is 0. The molecule has 48 valence electrons. The summed E-state index contributed by atoms with van der Waals surface area (Å²) in [5.74, 6) is 0.426. The van der Waals surface area contributed by atoms with E-state index in [4.69, 9.17) is 0 Å². The average molecular weight is 123 g/mol. The van der Waals surface area contributed by atoms with Crippen LogP contribution in [0.5, 0.6) is 0 Å². The fourth-order valence-corrected chi connectivity index (χ4v) is 1.45. The summed E-state index contributed by atoms with van der Waals surface area (Å²) in [6.45, 7) is 0. The van der Waals surface area contributed by atoms with Crippen LogP contribution in [0.1, 0.15) is 12.8 Å². The van der Waals surface area contributed by atoms with Gasteiger partial charge < -0.3 is 5.32 Å². The van der Waals surface area contributed by atoms with Gasteiger partial charge in [0.05, 0.1) is 5.92 Å². The van der Waals surface area contributed by atoms with Gasteiger partial charge in [0.1, 0.15) is 0 Å². The van der Waals surface area contributed by atoms with Crippen LogP contribution in [-0.4, -0.2) is 11.9 Å². The summed E-state index contributed by atoms with van der Waals surface area (Å²) < 4.78 is 0. The van der Waals surface area contributed by atoms with Crippen LogP contribution in [0.25, 0.3) is 0 Å². The Balaban J connectivity index is 2.16. The van der Waals surface area contributed by atoms with E-state index in [-0.39, 0.29) is 11.8 Å². The Morgan fingerprint density at radius 3 is 3.11 bits per heavy atom. The lowest BCUT2D eigenvalue weighted by Crippen LogP contribution is -2.57. The van der Waals surface area contributed by atoms with Crippen molar-refractivity contribution in [2.75, 3.05) is 0 Å². The van der Waals surface area contributed by atoms with E-state index in [0.29, 0.717) is 6.04 Å². The molecule has 2 nitrogen and oxygen atoms in total. The Labute approximate surface area is 53.9 Å². The van der Waals surface area contributed by atoms with Crippen LogP contribution in [0.15, 0.2) is 12.2 Å². The number of carbonyl (C=O) groups excluding carboxylic acids is 1. The van der Waals surface area contributed by atoms with Gasteiger partial charge in [0, 0.05) is 6.04 Å². The number of fused-ring (bicyclic) bond motifs is 1. The van der Waals surface area contributed by atoms with Crippen LogP contribution in [0.2, 0.25) is 0 Å². The number of hydrogen-bond acceptors (Lipinski definition) is 1. The first kappa shape index (κ1) is 5.03. The van der Waals surface area contributed by atoms with Gasteiger partial charge in [-0.05, 0) is 12.8 Å². The normalized spacial score (nSPS) is 38.9. The van der Waals surface area contributed by atoms with Crippen LogP contribution >= 0.6 is 0 Å². The Morgan fingerprint density at radius 2 is 2.56 bits per heavy atom. The zero-order valence-electron chi connectivity index (χ0n) is 5.13. The first-order valence-electron chi connectivity index (χ1n) is 3.35. The Kier molecular flexibility index (Phi) is 0.891. The summed E-state index contributed by atoms with van der Waals surface area (Å²) in [4.78, 5) is 10.7. The summed E-state index contributed by atoms with van der Waals surface area (Å²) in [6, 6.07) is 0.475. The third-order valence-electron chi connectivity index (χ3n) is 2.05. The minimum absolute atomic E-state index is 0.205. The van der Waals surface area contributed by atoms with Gasteiger partial charge in [-0.3, -0.25) is 4.79 Å². The lowest BCUT2D eigenvalue weighted by Gasteiger charge is -2.36. The molecule has 1 amide bonds. The molecule has 2 aliphatic rings. The van der Waals surface area contributed by atoms with Gasteiger partial charge in [0.15, 0.2) is 0 Å². The number of nitrogens with one attached hydrogen (secondary N) is 1. The van der Waals surface area contributed by atoms with Crippen molar-refractivity contribution < 1.29 is 4.79 Å². The monoisotopic (exact) mass is 123 g/mol. The highest BCUT2D eigenvalue weighted by molar-refractivity contribution is 5.87. The van der Waals surface area contributed by atoms with Crippen LogP contribution in [0.3, 0.4) is 0 Å². The lowest BCUT2D eigenvalue weighted by atomic mass is 9.83. The van der Waals surface area contributed by atoms with Gasteiger partial charge in [-0.25, -0.2) is 0 Å². The Hall–Kier alpha value is -0.790. The molecule has 2 unspecified atom stereocenters. The van der Waals surface area contributed by atoms with E-state index in [2.05, 4.69) is 11.4 Å². The summed E-state index contributed by atoms with van der Waals surface area (Å²) >= 11 is 0. The van der Waals surface area contributed by atoms with Crippen molar-refractivity contribution in [1.82, 2.24) is 5.32 Å². The molecule has 0 aromatic heterocycles. The molecular weight excluding hydrogens is 114 g/mol. The van der Waals surface area contributed by atoms with Crippen molar-refractivity contribution in [3.05, 3.63) is 12.2 Å². The predicted octanol–water partition coefficient (Wildman–Crippen LogP) is 0.451. The second-order valence-corrected chi connectivity index (χ2v) is 2.65. The number of amides is 1. The molecule has 1 aliphatic heterocycles. The Morgan fingerprint density at radius 1 is 1.67 bits per heavy atom. The van der Waals surface area contributed by atoms with Crippen molar-refractivity contribution in [3.63, 3.8) is 0 Å². The number of β-lactam (4-membered cyclic amide) rings is 1. The molecule has 1 saturated heterocycles. The van der Waals surface area contributed by atoms with Gasteiger partial charge in [0.25, 0.3) is 0 Å². The van der Waals surface area contributed by atoms with Gasteiger partial charge in [-0.1, -0.05) is 12.2 Å². The number of hydrogen-bond donors (Lipinski definition) is 1. The van der Waals surface area contributed by atoms with Crippen molar-refractivity contribution >= 4 is 5.91 Å². The summed E-state index contributed by atoms with van der Waals surface area (Å²) in [5, 5.41) is 2.85. The van der Waals surface area contributed by atoms with E-state index in [9.17, 15) is 4.79 Å². The molecular formula is C7H9NO. The maximum atomic E-state index is 10.7. The maximum Gasteiger partial charge on any atom is 0.229 e. The standard InChI is InChI=1S/C7H9NO/c9-7-5-3-1-2-4-6(5)8-7/h1,3,5-6H,2,4H2,(H,8,9). The highest BCUT2D eigenvalue weighted by Crippen LogP contribution is 2.24. The molecule has 0 aromatic carbocycles. The van der Waals surface area contributed by atoms with Gasteiger partial charge >= 0.3 is 0 Å². The van der Waals surface area contributed by atoms with E-state index in [1.54, 1.807) is 0 Å². The molecule has 0 aromatic rings. The number of allylic oxidation sites excluding steroid dienone is 1. The van der Waals surface area contributed by atoms with Crippen LogP contribution < -0.4 is 5.32 Å². The molecule has 1 fully saturated rings. The topological polar surface area (TPSA) is 29.1 Å². The fourth-order valence-electron chi connectivity index (χ4n) is 1.45. The largest absolute Gasteiger partial charge is 0.352 e. The van der Waals surface area contributed by atoms with E-state index < -0.39 is 0 Å². The van der Waals surface area contributed by atoms with Gasteiger partial charge in [-0.15, -0.1) is 0 Å². The molecule has 2 atom stereocenters. The minimum atomic E-state index is 0.205. The van der Waals surface area contributed by atoms with Crippen molar-refractivity contribution in [3.8, 4) is 0 Å². The van der Waals surface area contributed by atoms with Gasteiger partial charge in [0.2, 0.25) is 5.91 Å². The summed E-state index contributed by atoms with van der Waals surface area (Å²) in [5.41, 5.74) is 0. The molecule has 2 rings (SSSR count). The Bertz CT molecular complexity index is 174. The highest BCUT2D eigenvalue weighted by Gasteiger charge is 2.37. The second kappa shape index (κ2) is 1.59. The van der Waals surface area contributed by atoms with Crippen LogP contribution in [-0.2, 0) is 4.79 Å². The smallest absolute Gasteiger partial charge is 0.229 e. The molecule has 0 bridgehead atoms. The van der Waals surface area contributed by atoms with Crippen molar-refractivity contribution in [2.45, 2.75) is 18.9 Å². The first-order valence-corrected chi connectivity index (χ1v) is 3.35. The highest BCUT2D eigenvalue weighted by atomic mass is 16.2. The second-order valence-electron chi connectivity index (χ2n) is 2.65. The number of carbonyl (C=O) groups is 1. The van der Waals surface area contributed by atoms with E-state index in [1.807, 2.05) is 6.08 Å². The molecule has 1 aliphatic carbocycles. The molecule has 9 heavy (non-hydrogen) atoms. The zero-order chi connectivity index (χ0) is 6.27. The quantitative estimate of drug-likeness (QED) is 0.368. The molecule has 0 spiro atoms. The van der Waals surface area contributed by atoms with E-state index >= 15 is 0 Å². The SMILES string of the molecule is O=C1NC2CCC=CC12. The van der Waals surface area contributed by atoms with E-state index in [0.717, 1.165) is 12.8 Å². The third kappa shape index (κ3) is 0.590. The van der Waals surface area contributed by atoms with Crippen LogP contribution in [0.4, 0.5) is 0 Å². The predicted molar refractivity (Wildman–Crippen MR) is 33.8 cm³/mol. The van der Waals surface area contributed by atoms with Crippen molar-refractivity contribution in [2.24, 2.45) is 5.92 Å². The lowest BCUT2D eigenvalue weighted by molar-refractivity contribution is -0.132. The molecule has 2 heteroatoms. The molecule has 0 radical (unpaired) electrons. The molecule has 1 N–H and O–H groups in total.